The molecule has 3 aromatic rings. The van der Waals surface area contributed by atoms with Gasteiger partial charge in [-0.3, -0.25) is 14.6 Å². The molecule has 2 aliphatic carbocycles. The molecule has 1 aromatic carbocycles. The van der Waals surface area contributed by atoms with Crippen LogP contribution in [0.5, 0.6) is 0 Å². The molecule has 11 heteroatoms. The van der Waals surface area contributed by atoms with Crippen LogP contribution in [0.4, 0.5) is 17.6 Å². The number of carbonyl (C=O) groups is 2. The van der Waals surface area contributed by atoms with E-state index >= 15 is 0 Å². The number of alkyl halides is 3. The number of Topliss-reactive ketones (excluding diaryl/α,β-unsaturated/α-hetero) is 2. The number of benzene rings is 1. The Kier molecular flexibility index (Phi) is 5.97. The van der Waals surface area contributed by atoms with Crippen molar-refractivity contribution in [3.05, 3.63) is 52.4 Å². The third kappa shape index (κ3) is 4.54. The molecular formula is C25H20ClF4N3O3. The fourth-order valence-electron chi connectivity index (χ4n) is 4.88. The summed E-state index contributed by atoms with van der Waals surface area (Å²) < 4.78 is 58.1. The van der Waals surface area contributed by atoms with Gasteiger partial charge in [0.15, 0.2) is 0 Å². The third-order valence-corrected chi connectivity index (χ3v) is 7.18. The van der Waals surface area contributed by atoms with Crippen molar-refractivity contribution in [1.82, 2.24) is 15.1 Å². The highest BCUT2D eigenvalue weighted by molar-refractivity contribution is 6.31. The van der Waals surface area contributed by atoms with Crippen LogP contribution < -0.4 is 0 Å². The molecule has 36 heavy (non-hydrogen) atoms. The van der Waals surface area contributed by atoms with Gasteiger partial charge in [0.05, 0.1) is 5.56 Å². The second kappa shape index (κ2) is 8.76. The highest BCUT2D eigenvalue weighted by atomic mass is 35.5. The monoisotopic (exact) mass is 521 g/mol. The van der Waals surface area contributed by atoms with Crippen molar-refractivity contribution in [2.24, 2.45) is 5.41 Å². The van der Waals surface area contributed by atoms with Gasteiger partial charge in [-0.05, 0) is 55.0 Å². The summed E-state index contributed by atoms with van der Waals surface area (Å²) in [5.41, 5.74) is 1.47. The standard InChI is InChI=1S/C25H20ClF4N3O3/c1-12-32-23(33-36-12)21-17(8-16(26)9-18(21)27)15-6-13-2-3-14(22(13)31-11-15)7-19(34)24(4-5-24)10-20(35)25(28,29)30/h6,8-9,11,14H,2-5,7,10H2,1H3. The molecule has 2 aromatic heterocycles. The lowest BCUT2D eigenvalue weighted by atomic mass is 9.87. The summed E-state index contributed by atoms with van der Waals surface area (Å²) in [6.45, 7) is 1.59. The Morgan fingerprint density at radius 3 is 2.61 bits per heavy atom. The van der Waals surface area contributed by atoms with E-state index in [4.69, 9.17) is 16.1 Å². The van der Waals surface area contributed by atoms with Crippen LogP contribution in [0.3, 0.4) is 0 Å². The Bertz CT molecular complexity index is 1380. The summed E-state index contributed by atoms with van der Waals surface area (Å²) in [5.74, 6) is -2.71. The van der Waals surface area contributed by atoms with Gasteiger partial charge in [-0.1, -0.05) is 16.8 Å². The molecule has 1 saturated carbocycles. The molecule has 0 amide bonds. The normalized spacial score (nSPS) is 18.2. The predicted molar refractivity (Wildman–Crippen MR) is 121 cm³/mol. The fraction of sp³-hybridized carbons (Fsp3) is 0.400. The lowest BCUT2D eigenvalue weighted by molar-refractivity contribution is -0.172. The van der Waals surface area contributed by atoms with E-state index in [9.17, 15) is 27.2 Å². The molecule has 188 valence electrons. The summed E-state index contributed by atoms with van der Waals surface area (Å²) in [7, 11) is 0. The van der Waals surface area contributed by atoms with Crippen molar-refractivity contribution in [3.8, 4) is 22.5 Å². The molecular weight excluding hydrogens is 502 g/mol. The number of fused-ring (bicyclic) bond motifs is 1. The zero-order chi connectivity index (χ0) is 25.8. The van der Waals surface area contributed by atoms with Gasteiger partial charge in [0.2, 0.25) is 17.5 Å². The van der Waals surface area contributed by atoms with Crippen LogP contribution in [0.15, 0.2) is 28.9 Å². The number of hydrogen-bond acceptors (Lipinski definition) is 6. The van der Waals surface area contributed by atoms with Crippen molar-refractivity contribution in [2.75, 3.05) is 0 Å². The number of rotatable bonds is 7. The average molecular weight is 522 g/mol. The summed E-state index contributed by atoms with van der Waals surface area (Å²) in [5, 5.41) is 4.00. The van der Waals surface area contributed by atoms with Crippen LogP contribution in [0.25, 0.3) is 22.5 Å². The van der Waals surface area contributed by atoms with Crippen molar-refractivity contribution >= 4 is 23.2 Å². The maximum Gasteiger partial charge on any atom is 0.450 e. The number of pyridine rings is 1. The highest BCUT2D eigenvalue weighted by Gasteiger charge is 2.54. The quantitative estimate of drug-likeness (QED) is 0.345. The lowest BCUT2D eigenvalue weighted by Gasteiger charge is -2.17. The van der Waals surface area contributed by atoms with Gasteiger partial charge in [0, 0.05) is 53.6 Å². The van der Waals surface area contributed by atoms with Gasteiger partial charge < -0.3 is 4.52 Å². The van der Waals surface area contributed by atoms with Gasteiger partial charge in [-0.2, -0.15) is 18.2 Å². The lowest BCUT2D eigenvalue weighted by Crippen LogP contribution is -2.29. The molecule has 0 spiro atoms. The smallest absolute Gasteiger partial charge is 0.339 e. The maximum atomic E-state index is 14.9. The van der Waals surface area contributed by atoms with E-state index in [0.29, 0.717) is 29.7 Å². The average Bonchev–Trinajstić information content (AvgIpc) is 3.29. The Balaban J connectivity index is 1.40. The van der Waals surface area contributed by atoms with Crippen LogP contribution in [-0.2, 0) is 16.0 Å². The second-order valence-electron chi connectivity index (χ2n) is 9.46. The summed E-state index contributed by atoms with van der Waals surface area (Å²) in [6.07, 6.45) is -2.38. The molecule has 6 nitrogen and oxygen atoms in total. The predicted octanol–water partition coefficient (Wildman–Crippen LogP) is 6.19. The van der Waals surface area contributed by atoms with E-state index in [1.165, 1.54) is 0 Å². The minimum absolute atomic E-state index is 0.0314. The van der Waals surface area contributed by atoms with Crippen LogP contribution in [0.2, 0.25) is 5.02 Å². The first kappa shape index (κ1) is 24.5. The van der Waals surface area contributed by atoms with Crippen LogP contribution in [-0.4, -0.2) is 32.9 Å². The topological polar surface area (TPSA) is 86.0 Å². The molecule has 1 atom stereocenters. The molecule has 2 heterocycles. The van der Waals surface area contributed by atoms with E-state index in [1.807, 2.05) is 6.07 Å². The van der Waals surface area contributed by atoms with E-state index in [2.05, 4.69) is 15.1 Å². The first-order valence-corrected chi connectivity index (χ1v) is 11.8. The summed E-state index contributed by atoms with van der Waals surface area (Å²) in [6, 6.07) is 4.58. The molecule has 5 rings (SSSR count). The molecule has 0 aliphatic heterocycles. The zero-order valence-corrected chi connectivity index (χ0v) is 19.8. The number of carbonyl (C=O) groups excluding carboxylic acids is 2. The van der Waals surface area contributed by atoms with Crippen LogP contribution in [0, 0.1) is 18.2 Å². The fourth-order valence-corrected chi connectivity index (χ4v) is 5.09. The Morgan fingerprint density at radius 1 is 1.22 bits per heavy atom. The molecule has 2 aliphatic rings. The molecule has 0 N–H and O–H groups in total. The zero-order valence-electron chi connectivity index (χ0n) is 19.1. The third-order valence-electron chi connectivity index (χ3n) is 6.96. The van der Waals surface area contributed by atoms with Crippen LogP contribution in [0.1, 0.15) is 55.2 Å². The van der Waals surface area contributed by atoms with Gasteiger partial charge in [-0.15, -0.1) is 0 Å². The number of ketones is 2. The first-order chi connectivity index (χ1) is 17.0. The number of nitrogens with zero attached hydrogens (tertiary/aromatic N) is 3. The Labute approximate surface area is 208 Å². The van der Waals surface area contributed by atoms with Crippen molar-refractivity contribution in [3.63, 3.8) is 0 Å². The number of hydrogen-bond donors (Lipinski definition) is 0. The Hall–Kier alpha value is -3.14. The van der Waals surface area contributed by atoms with Gasteiger partial charge >= 0.3 is 6.18 Å². The number of aryl methyl sites for hydroxylation is 2. The minimum atomic E-state index is -4.94. The Morgan fingerprint density at radius 2 is 1.97 bits per heavy atom. The number of aromatic nitrogens is 3. The van der Waals surface area contributed by atoms with Gasteiger partial charge in [-0.25, -0.2) is 4.39 Å². The highest BCUT2D eigenvalue weighted by Crippen LogP contribution is 2.53. The molecule has 0 radical (unpaired) electrons. The molecule has 0 saturated heterocycles. The van der Waals surface area contributed by atoms with Crippen molar-refractivity contribution in [2.45, 2.75) is 57.5 Å². The van der Waals surface area contributed by atoms with Gasteiger partial charge in [0.25, 0.3) is 0 Å². The van der Waals surface area contributed by atoms with E-state index in [-0.39, 0.29) is 53.3 Å². The van der Waals surface area contributed by atoms with Crippen molar-refractivity contribution in [1.29, 1.82) is 0 Å². The number of halogens is 5. The van der Waals surface area contributed by atoms with Crippen LogP contribution >= 0.6 is 11.6 Å². The van der Waals surface area contributed by atoms with E-state index < -0.39 is 29.6 Å². The second-order valence-corrected chi connectivity index (χ2v) is 9.89. The summed E-state index contributed by atoms with van der Waals surface area (Å²) in [4.78, 5) is 33.0. The SMILES string of the molecule is Cc1nc(-c2c(F)cc(Cl)cc2-c2cnc3c(c2)CCC3CC(=O)C2(CC(=O)C(F)(F)F)CC2)no1. The van der Waals surface area contributed by atoms with Gasteiger partial charge in [0.1, 0.15) is 11.6 Å². The van der Waals surface area contributed by atoms with E-state index in [0.717, 1.165) is 11.6 Å². The van der Waals surface area contributed by atoms with E-state index in [1.54, 1.807) is 19.2 Å². The molecule has 0 bridgehead atoms. The molecule has 1 unspecified atom stereocenters. The maximum absolute atomic E-state index is 14.9. The molecule has 1 fully saturated rings. The summed E-state index contributed by atoms with van der Waals surface area (Å²) >= 11 is 6.12. The largest absolute Gasteiger partial charge is 0.450 e. The first-order valence-electron chi connectivity index (χ1n) is 11.4. The van der Waals surface area contributed by atoms with Crippen molar-refractivity contribution < 1.29 is 31.7 Å². The minimum Gasteiger partial charge on any atom is -0.339 e.